The Morgan fingerprint density at radius 3 is 2.17 bits per heavy atom. The molecule has 0 amide bonds. The first-order chi connectivity index (χ1) is 8.67. The van der Waals surface area contributed by atoms with E-state index in [4.69, 9.17) is 9.47 Å². The first kappa shape index (κ1) is 12.2. The maximum Gasteiger partial charge on any atom is 0.242 e. The molecule has 0 radical (unpaired) electrons. The van der Waals surface area contributed by atoms with Gasteiger partial charge in [0.1, 0.15) is 11.5 Å². The molecule has 0 atom stereocenters. The SMILES string of the molecule is CNc1nc(-c2cc(OC)cc(OC)c2)n(C)n1. The van der Waals surface area contributed by atoms with Crippen molar-refractivity contribution in [1.82, 2.24) is 14.8 Å². The van der Waals surface area contributed by atoms with Crippen LogP contribution in [-0.4, -0.2) is 36.0 Å². The summed E-state index contributed by atoms with van der Waals surface area (Å²) in [5.41, 5.74) is 0.891. The molecule has 96 valence electrons. The lowest BCUT2D eigenvalue weighted by molar-refractivity contribution is 0.394. The summed E-state index contributed by atoms with van der Waals surface area (Å²) in [7, 11) is 6.86. The smallest absolute Gasteiger partial charge is 0.242 e. The minimum atomic E-state index is 0.578. The van der Waals surface area contributed by atoms with Crippen LogP contribution in [0.25, 0.3) is 11.4 Å². The second-order valence-electron chi connectivity index (χ2n) is 3.73. The van der Waals surface area contributed by atoms with Gasteiger partial charge in [-0.2, -0.15) is 4.98 Å². The van der Waals surface area contributed by atoms with Crippen molar-refractivity contribution >= 4 is 5.95 Å². The van der Waals surface area contributed by atoms with Crippen molar-refractivity contribution in [3.05, 3.63) is 18.2 Å². The monoisotopic (exact) mass is 248 g/mol. The van der Waals surface area contributed by atoms with Gasteiger partial charge in [-0.25, -0.2) is 4.68 Å². The van der Waals surface area contributed by atoms with E-state index in [0.717, 1.165) is 22.9 Å². The van der Waals surface area contributed by atoms with Crippen LogP contribution in [0.15, 0.2) is 18.2 Å². The maximum atomic E-state index is 5.24. The van der Waals surface area contributed by atoms with Gasteiger partial charge < -0.3 is 14.8 Å². The zero-order chi connectivity index (χ0) is 13.1. The molecule has 0 saturated heterocycles. The Balaban J connectivity index is 2.51. The van der Waals surface area contributed by atoms with Crippen molar-refractivity contribution in [1.29, 1.82) is 0 Å². The number of ether oxygens (including phenoxy) is 2. The zero-order valence-corrected chi connectivity index (χ0v) is 10.9. The van der Waals surface area contributed by atoms with Gasteiger partial charge >= 0.3 is 0 Å². The molecule has 0 aliphatic heterocycles. The summed E-state index contributed by atoms with van der Waals surface area (Å²) in [4.78, 5) is 4.38. The normalized spacial score (nSPS) is 10.2. The Labute approximate surface area is 106 Å². The molecule has 2 aromatic rings. The number of hydrogen-bond acceptors (Lipinski definition) is 5. The number of nitrogens with zero attached hydrogens (tertiary/aromatic N) is 3. The summed E-state index contributed by atoms with van der Waals surface area (Å²) in [6.45, 7) is 0. The number of aryl methyl sites for hydroxylation is 1. The van der Waals surface area contributed by atoms with Gasteiger partial charge in [0.05, 0.1) is 14.2 Å². The van der Waals surface area contributed by atoms with E-state index in [1.165, 1.54) is 0 Å². The van der Waals surface area contributed by atoms with E-state index in [1.54, 1.807) is 25.9 Å². The largest absolute Gasteiger partial charge is 0.497 e. The zero-order valence-electron chi connectivity index (χ0n) is 10.9. The fourth-order valence-corrected chi connectivity index (χ4v) is 1.68. The van der Waals surface area contributed by atoms with Gasteiger partial charge in [0, 0.05) is 25.7 Å². The Morgan fingerprint density at radius 2 is 1.72 bits per heavy atom. The Kier molecular flexibility index (Phi) is 3.36. The highest BCUT2D eigenvalue weighted by atomic mass is 16.5. The molecule has 0 bridgehead atoms. The average molecular weight is 248 g/mol. The third-order valence-corrected chi connectivity index (χ3v) is 2.60. The van der Waals surface area contributed by atoms with Crippen LogP contribution in [0.1, 0.15) is 0 Å². The molecule has 0 fully saturated rings. The van der Waals surface area contributed by atoms with Crippen LogP contribution in [0.4, 0.5) is 5.95 Å². The van der Waals surface area contributed by atoms with Crippen molar-refractivity contribution in [2.45, 2.75) is 0 Å². The quantitative estimate of drug-likeness (QED) is 0.889. The molecule has 1 heterocycles. The molecule has 1 N–H and O–H groups in total. The highest BCUT2D eigenvalue weighted by molar-refractivity contribution is 5.62. The third kappa shape index (κ3) is 2.22. The van der Waals surface area contributed by atoms with Crippen LogP contribution in [0, 0.1) is 0 Å². The topological polar surface area (TPSA) is 61.2 Å². The van der Waals surface area contributed by atoms with Crippen molar-refractivity contribution < 1.29 is 9.47 Å². The van der Waals surface area contributed by atoms with Crippen LogP contribution in [0.3, 0.4) is 0 Å². The molecule has 0 unspecified atom stereocenters. The van der Waals surface area contributed by atoms with Crippen molar-refractivity contribution in [2.75, 3.05) is 26.6 Å². The average Bonchev–Trinajstić information content (AvgIpc) is 2.79. The fraction of sp³-hybridized carbons (Fsp3) is 0.333. The fourth-order valence-electron chi connectivity index (χ4n) is 1.68. The van der Waals surface area contributed by atoms with Crippen LogP contribution in [0.5, 0.6) is 11.5 Å². The van der Waals surface area contributed by atoms with Gasteiger partial charge in [0.2, 0.25) is 5.95 Å². The van der Waals surface area contributed by atoms with E-state index in [2.05, 4.69) is 15.4 Å². The van der Waals surface area contributed by atoms with Crippen LogP contribution >= 0.6 is 0 Å². The molecule has 0 spiro atoms. The van der Waals surface area contributed by atoms with Gasteiger partial charge in [-0.3, -0.25) is 0 Å². The van der Waals surface area contributed by atoms with E-state index in [-0.39, 0.29) is 0 Å². The lowest BCUT2D eigenvalue weighted by Crippen LogP contribution is -1.96. The lowest BCUT2D eigenvalue weighted by Gasteiger charge is -2.07. The van der Waals surface area contributed by atoms with E-state index < -0.39 is 0 Å². The first-order valence-electron chi connectivity index (χ1n) is 5.50. The molecular weight excluding hydrogens is 232 g/mol. The van der Waals surface area contributed by atoms with Crippen molar-refractivity contribution in [3.63, 3.8) is 0 Å². The summed E-state index contributed by atoms with van der Waals surface area (Å²) in [6.07, 6.45) is 0. The van der Waals surface area contributed by atoms with E-state index in [0.29, 0.717) is 5.95 Å². The Hall–Kier alpha value is -2.24. The summed E-state index contributed by atoms with van der Waals surface area (Å²) in [5, 5.41) is 7.14. The first-order valence-corrected chi connectivity index (χ1v) is 5.50. The minimum absolute atomic E-state index is 0.578. The lowest BCUT2D eigenvalue weighted by atomic mass is 10.2. The number of aromatic nitrogens is 3. The van der Waals surface area contributed by atoms with Gasteiger partial charge in [-0.1, -0.05) is 0 Å². The molecule has 1 aromatic carbocycles. The summed E-state index contributed by atoms with van der Waals surface area (Å²) in [6, 6.07) is 5.61. The molecule has 1 aromatic heterocycles. The standard InChI is InChI=1S/C12H16N4O2/c1-13-12-14-11(16(2)15-12)8-5-9(17-3)7-10(6-8)18-4/h5-7H,1-4H3,(H,13,15). The van der Waals surface area contributed by atoms with Gasteiger partial charge in [-0.05, 0) is 12.1 Å². The summed E-state index contributed by atoms with van der Waals surface area (Å²) < 4.78 is 12.2. The third-order valence-electron chi connectivity index (χ3n) is 2.60. The molecule has 2 rings (SSSR count). The number of methoxy groups -OCH3 is 2. The molecule has 0 saturated carbocycles. The van der Waals surface area contributed by atoms with Crippen LogP contribution in [-0.2, 0) is 7.05 Å². The van der Waals surface area contributed by atoms with E-state index in [9.17, 15) is 0 Å². The van der Waals surface area contributed by atoms with Crippen molar-refractivity contribution in [3.8, 4) is 22.9 Å². The van der Waals surface area contributed by atoms with Gasteiger partial charge in [0.15, 0.2) is 5.82 Å². The highest BCUT2D eigenvalue weighted by Crippen LogP contribution is 2.28. The molecule has 18 heavy (non-hydrogen) atoms. The number of hydrogen-bond donors (Lipinski definition) is 1. The van der Waals surface area contributed by atoms with Gasteiger partial charge in [-0.15, -0.1) is 5.10 Å². The highest BCUT2D eigenvalue weighted by Gasteiger charge is 2.11. The second-order valence-corrected chi connectivity index (χ2v) is 3.73. The van der Waals surface area contributed by atoms with Crippen molar-refractivity contribution in [2.24, 2.45) is 7.05 Å². The second kappa shape index (κ2) is 4.95. The number of benzene rings is 1. The predicted molar refractivity (Wildman–Crippen MR) is 69.1 cm³/mol. The van der Waals surface area contributed by atoms with Gasteiger partial charge in [0.25, 0.3) is 0 Å². The molecule has 0 aliphatic carbocycles. The van der Waals surface area contributed by atoms with Crippen LogP contribution in [0.2, 0.25) is 0 Å². The Morgan fingerprint density at radius 1 is 1.11 bits per heavy atom. The number of rotatable bonds is 4. The molecule has 6 heteroatoms. The van der Waals surface area contributed by atoms with E-state index in [1.807, 2.05) is 25.2 Å². The van der Waals surface area contributed by atoms with E-state index >= 15 is 0 Å². The maximum absolute atomic E-state index is 5.24. The summed E-state index contributed by atoms with van der Waals surface area (Å²) >= 11 is 0. The molecule has 6 nitrogen and oxygen atoms in total. The summed E-state index contributed by atoms with van der Waals surface area (Å²) in [5.74, 6) is 2.77. The van der Waals surface area contributed by atoms with Crippen LogP contribution < -0.4 is 14.8 Å². The predicted octanol–water partition coefficient (Wildman–Crippen LogP) is 1.54. The number of anilines is 1. The molecular formula is C12H16N4O2. The molecule has 0 aliphatic rings. The number of nitrogens with one attached hydrogen (secondary N) is 1. The Bertz CT molecular complexity index is 529. The minimum Gasteiger partial charge on any atom is -0.497 e.